The van der Waals surface area contributed by atoms with Gasteiger partial charge in [0.1, 0.15) is 0 Å². The van der Waals surface area contributed by atoms with E-state index in [0.29, 0.717) is 12.1 Å². The number of aliphatic imine (C=N–C) groups is 1. The number of likely N-dealkylation sites (tertiary alicyclic amines) is 1. The van der Waals surface area contributed by atoms with Crippen LogP contribution >= 0.6 is 0 Å². The van der Waals surface area contributed by atoms with Crippen molar-refractivity contribution in [3.05, 3.63) is 30.1 Å². The molecule has 2 N–H and O–H groups in total. The zero-order chi connectivity index (χ0) is 19.4. The molecule has 2 heterocycles. The minimum absolute atomic E-state index is 0.461. The van der Waals surface area contributed by atoms with E-state index < -0.39 is 0 Å². The number of aromatic nitrogens is 1. The van der Waals surface area contributed by atoms with Crippen molar-refractivity contribution < 1.29 is 4.74 Å². The topological polar surface area (TPSA) is 61.8 Å². The fourth-order valence-electron chi connectivity index (χ4n) is 4.15. The number of pyridine rings is 1. The molecule has 1 aromatic heterocycles. The van der Waals surface area contributed by atoms with Crippen LogP contribution in [0.4, 0.5) is 0 Å². The lowest BCUT2D eigenvalue weighted by Crippen LogP contribution is -2.49. The van der Waals surface area contributed by atoms with E-state index in [1.54, 1.807) is 0 Å². The Kier molecular flexibility index (Phi) is 9.04. The highest BCUT2D eigenvalue weighted by Crippen LogP contribution is 2.19. The summed E-state index contributed by atoms with van der Waals surface area (Å²) in [6.07, 6.45) is 12.4. The SMILES string of the molecule is CN=C(NCCOC1CCCCCC1)NC1CCN(Cc2ccccn2)CC1. The van der Waals surface area contributed by atoms with E-state index in [4.69, 9.17) is 4.74 Å². The molecule has 0 radical (unpaired) electrons. The van der Waals surface area contributed by atoms with Gasteiger partial charge in [-0.1, -0.05) is 31.7 Å². The third-order valence-electron chi connectivity index (χ3n) is 5.81. The van der Waals surface area contributed by atoms with Gasteiger partial charge < -0.3 is 15.4 Å². The third kappa shape index (κ3) is 7.40. The van der Waals surface area contributed by atoms with Crippen molar-refractivity contribution in [2.75, 3.05) is 33.3 Å². The van der Waals surface area contributed by atoms with Crippen LogP contribution in [0.5, 0.6) is 0 Å². The Morgan fingerprint density at radius 2 is 1.93 bits per heavy atom. The Morgan fingerprint density at radius 1 is 1.14 bits per heavy atom. The van der Waals surface area contributed by atoms with Crippen LogP contribution in [0.15, 0.2) is 29.4 Å². The van der Waals surface area contributed by atoms with Crippen molar-refractivity contribution in [2.24, 2.45) is 4.99 Å². The van der Waals surface area contributed by atoms with Gasteiger partial charge in [0.2, 0.25) is 0 Å². The van der Waals surface area contributed by atoms with E-state index in [0.717, 1.165) is 57.3 Å². The number of hydrogen-bond acceptors (Lipinski definition) is 4. The minimum atomic E-state index is 0.461. The molecule has 1 aliphatic carbocycles. The van der Waals surface area contributed by atoms with Crippen molar-refractivity contribution in [2.45, 2.75) is 70.1 Å². The highest BCUT2D eigenvalue weighted by atomic mass is 16.5. The quantitative estimate of drug-likeness (QED) is 0.326. The molecule has 6 heteroatoms. The number of nitrogens with one attached hydrogen (secondary N) is 2. The second-order valence-corrected chi connectivity index (χ2v) is 8.00. The third-order valence-corrected chi connectivity index (χ3v) is 5.81. The first-order valence-electron chi connectivity index (χ1n) is 11.0. The standard InChI is InChI=1S/C22H37N5O/c1-23-22(25-14-17-28-21-9-4-2-3-5-10-21)26-19-11-15-27(16-12-19)18-20-8-6-7-13-24-20/h6-8,13,19,21H,2-5,9-12,14-18H2,1H3,(H2,23,25,26). The van der Waals surface area contributed by atoms with Gasteiger partial charge in [-0.15, -0.1) is 0 Å². The number of piperidine rings is 1. The summed E-state index contributed by atoms with van der Waals surface area (Å²) in [7, 11) is 1.84. The highest BCUT2D eigenvalue weighted by molar-refractivity contribution is 5.79. The molecule has 156 valence electrons. The summed E-state index contributed by atoms with van der Waals surface area (Å²) in [5, 5.41) is 6.99. The second-order valence-electron chi connectivity index (χ2n) is 8.00. The van der Waals surface area contributed by atoms with Gasteiger partial charge in [-0.25, -0.2) is 0 Å². The summed E-state index contributed by atoms with van der Waals surface area (Å²) in [6.45, 7) is 4.70. The molecule has 28 heavy (non-hydrogen) atoms. The maximum absolute atomic E-state index is 6.06. The molecule has 0 unspecified atom stereocenters. The zero-order valence-electron chi connectivity index (χ0n) is 17.4. The number of guanidine groups is 1. The van der Waals surface area contributed by atoms with Crippen LogP contribution in [0.1, 0.15) is 57.1 Å². The van der Waals surface area contributed by atoms with E-state index >= 15 is 0 Å². The zero-order valence-corrected chi connectivity index (χ0v) is 17.4. The Labute approximate surface area is 170 Å². The monoisotopic (exact) mass is 387 g/mol. The number of nitrogens with zero attached hydrogens (tertiary/aromatic N) is 3. The molecule has 3 rings (SSSR count). The molecule has 0 aromatic carbocycles. The molecule has 1 aromatic rings. The van der Waals surface area contributed by atoms with Crippen LogP contribution in [-0.4, -0.2) is 61.3 Å². The normalized spacial score (nSPS) is 20.7. The van der Waals surface area contributed by atoms with E-state index in [-0.39, 0.29) is 0 Å². The predicted octanol–water partition coefficient (Wildman–Crippen LogP) is 2.95. The van der Waals surface area contributed by atoms with Crippen molar-refractivity contribution >= 4 is 5.96 Å². The van der Waals surface area contributed by atoms with Gasteiger partial charge in [0.05, 0.1) is 18.4 Å². The first kappa shape index (κ1) is 21.1. The highest BCUT2D eigenvalue weighted by Gasteiger charge is 2.20. The fourth-order valence-corrected chi connectivity index (χ4v) is 4.15. The Balaban J connectivity index is 1.29. The molecular weight excluding hydrogens is 350 g/mol. The van der Waals surface area contributed by atoms with Gasteiger partial charge >= 0.3 is 0 Å². The van der Waals surface area contributed by atoms with Crippen LogP contribution in [0.3, 0.4) is 0 Å². The molecular formula is C22H37N5O. The van der Waals surface area contributed by atoms with E-state index in [1.807, 2.05) is 19.3 Å². The molecule has 0 bridgehead atoms. The van der Waals surface area contributed by atoms with Crippen LogP contribution in [0, 0.1) is 0 Å². The molecule has 0 spiro atoms. The number of ether oxygens (including phenoxy) is 1. The maximum atomic E-state index is 6.06. The summed E-state index contributed by atoms with van der Waals surface area (Å²) >= 11 is 0. The fraction of sp³-hybridized carbons (Fsp3) is 0.727. The molecule has 1 saturated carbocycles. The Hall–Kier alpha value is -1.66. The van der Waals surface area contributed by atoms with Gasteiger partial charge in [0.25, 0.3) is 0 Å². The van der Waals surface area contributed by atoms with Crippen molar-refractivity contribution in [1.29, 1.82) is 0 Å². The lowest BCUT2D eigenvalue weighted by atomic mass is 10.1. The largest absolute Gasteiger partial charge is 0.376 e. The van der Waals surface area contributed by atoms with Gasteiger partial charge in [-0.3, -0.25) is 14.9 Å². The maximum Gasteiger partial charge on any atom is 0.191 e. The second kappa shape index (κ2) is 12.0. The van der Waals surface area contributed by atoms with Gasteiger partial charge in [0.15, 0.2) is 5.96 Å². The summed E-state index contributed by atoms with van der Waals surface area (Å²) in [4.78, 5) is 11.3. The smallest absolute Gasteiger partial charge is 0.191 e. The van der Waals surface area contributed by atoms with E-state index in [1.165, 1.54) is 38.5 Å². The summed E-state index contributed by atoms with van der Waals surface area (Å²) in [5.74, 6) is 0.896. The number of hydrogen-bond donors (Lipinski definition) is 2. The predicted molar refractivity (Wildman–Crippen MR) is 114 cm³/mol. The van der Waals surface area contributed by atoms with Gasteiger partial charge in [-0.2, -0.15) is 0 Å². The Morgan fingerprint density at radius 3 is 2.61 bits per heavy atom. The van der Waals surface area contributed by atoms with Crippen molar-refractivity contribution in [3.8, 4) is 0 Å². The minimum Gasteiger partial charge on any atom is -0.376 e. The van der Waals surface area contributed by atoms with Crippen molar-refractivity contribution in [3.63, 3.8) is 0 Å². The molecule has 0 amide bonds. The lowest BCUT2D eigenvalue weighted by Gasteiger charge is -2.32. The van der Waals surface area contributed by atoms with Crippen molar-refractivity contribution in [1.82, 2.24) is 20.5 Å². The first-order valence-corrected chi connectivity index (χ1v) is 11.0. The van der Waals surface area contributed by atoms with E-state index in [9.17, 15) is 0 Å². The average molecular weight is 388 g/mol. The van der Waals surface area contributed by atoms with Crippen LogP contribution in [-0.2, 0) is 11.3 Å². The molecule has 1 aliphatic heterocycles. The molecule has 1 saturated heterocycles. The molecule has 2 aliphatic rings. The van der Waals surface area contributed by atoms with Crippen LogP contribution in [0.2, 0.25) is 0 Å². The summed E-state index contributed by atoms with van der Waals surface area (Å²) in [5.41, 5.74) is 1.15. The number of rotatable bonds is 7. The first-order chi connectivity index (χ1) is 13.8. The summed E-state index contributed by atoms with van der Waals surface area (Å²) in [6, 6.07) is 6.62. The van der Waals surface area contributed by atoms with Crippen LogP contribution in [0.25, 0.3) is 0 Å². The van der Waals surface area contributed by atoms with Gasteiger partial charge in [-0.05, 0) is 37.8 Å². The van der Waals surface area contributed by atoms with Crippen LogP contribution < -0.4 is 10.6 Å². The lowest BCUT2D eigenvalue weighted by molar-refractivity contribution is 0.0467. The molecule has 0 atom stereocenters. The molecule has 2 fully saturated rings. The van der Waals surface area contributed by atoms with E-state index in [2.05, 4.69) is 37.6 Å². The Bertz CT molecular complexity index is 564. The molecule has 6 nitrogen and oxygen atoms in total. The summed E-state index contributed by atoms with van der Waals surface area (Å²) < 4.78 is 6.06. The van der Waals surface area contributed by atoms with Gasteiger partial charge in [0, 0.05) is 45.5 Å². The average Bonchev–Trinajstić information content (AvgIpc) is 3.01.